The van der Waals surface area contributed by atoms with Gasteiger partial charge in [-0.15, -0.1) is 0 Å². The van der Waals surface area contributed by atoms with Crippen LogP contribution in [-0.4, -0.2) is 27.6 Å². The van der Waals surface area contributed by atoms with Gasteiger partial charge < -0.3 is 19.6 Å². The van der Waals surface area contributed by atoms with E-state index in [1.165, 1.54) is 0 Å². The van der Waals surface area contributed by atoms with Gasteiger partial charge in [-0.25, -0.2) is 4.98 Å². The fourth-order valence-electron chi connectivity index (χ4n) is 2.41. The molecule has 0 unspecified atom stereocenters. The molecule has 1 aromatic carbocycles. The maximum Gasteiger partial charge on any atom is 0.224 e. The number of imidazole rings is 1. The van der Waals surface area contributed by atoms with Crippen molar-refractivity contribution in [3.05, 3.63) is 48.2 Å². The molecule has 0 aliphatic rings. The summed E-state index contributed by atoms with van der Waals surface area (Å²) >= 11 is 0. The number of ether oxygens (including phenoxy) is 1. The van der Waals surface area contributed by atoms with Crippen LogP contribution in [0.15, 0.2) is 36.9 Å². The van der Waals surface area contributed by atoms with Gasteiger partial charge in [-0.1, -0.05) is 0 Å². The molecule has 1 amide bonds. The topological polar surface area (TPSA) is 71.9 Å². The van der Waals surface area contributed by atoms with Gasteiger partial charge in [0.25, 0.3) is 0 Å². The summed E-state index contributed by atoms with van der Waals surface area (Å²) in [7, 11) is 3.54. The van der Waals surface area contributed by atoms with Crippen LogP contribution in [0.2, 0.25) is 0 Å². The van der Waals surface area contributed by atoms with E-state index in [9.17, 15) is 4.79 Å². The number of H-pyrrole nitrogens is 1. The van der Waals surface area contributed by atoms with Gasteiger partial charge in [-0.2, -0.15) is 0 Å². The van der Waals surface area contributed by atoms with Crippen molar-refractivity contribution < 1.29 is 9.53 Å². The highest BCUT2D eigenvalue weighted by Gasteiger charge is 2.10. The highest BCUT2D eigenvalue weighted by atomic mass is 16.5. The first-order valence-corrected chi connectivity index (χ1v) is 7.03. The van der Waals surface area contributed by atoms with E-state index in [1.807, 2.05) is 36.0 Å². The Bertz CT molecular complexity index is 803. The van der Waals surface area contributed by atoms with Crippen molar-refractivity contribution in [2.45, 2.75) is 13.0 Å². The van der Waals surface area contributed by atoms with Crippen LogP contribution in [0, 0.1) is 0 Å². The summed E-state index contributed by atoms with van der Waals surface area (Å²) in [4.78, 5) is 19.3. The largest absolute Gasteiger partial charge is 0.497 e. The lowest BCUT2D eigenvalue weighted by atomic mass is 10.1. The smallest absolute Gasteiger partial charge is 0.224 e. The minimum atomic E-state index is -0.0232. The summed E-state index contributed by atoms with van der Waals surface area (Å²) in [5.74, 6) is 0.758. The van der Waals surface area contributed by atoms with E-state index in [4.69, 9.17) is 4.74 Å². The average molecular weight is 298 g/mol. The molecule has 0 saturated carbocycles. The predicted molar refractivity (Wildman–Crippen MR) is 83.6 cm³/mol. The van der Waals surface area contributed by atoms with Crippen LogP contribution in [0.25, 0.3) is 10.9 Å². The van der Waals surface area contributed by atoms with Crippen LogP contribution < -0.4 is 10.1 Å². The molecule has 0 bridgehead atoms. The summed E-state index contributed by atoms with van der Waals surface area (Å²) in [6.07, 6.45) is 5.66. The van der Waals surface area contributed by atoms with E-state index in [0.717, 1.165) is 27.9 Å². The average Bonchev–Trinajstić information content (AvgIpc) is 3.11. The maximum atomic E-state index is 12.1. The lowest BCUT2D eigenvalue weighted by Gasteiger charge is -2.06. The van der Waals surface area contributed by atoms with E-state index >= 15 is 0 Å². The molecule has 0 fully saturated rings. The van der Waals surface area contributed by atoms with E-state index in [-0.39, 0.29) is 5.91 Å². The Morgan fingerprint density at radius 2 is 2.32 bits per heavy atom. The maximum absolute atomic E-state index is 12.1. The molecule has 0 aliphatic heterocycles. The summed E-state index contributed by atoms with van der Waals surface area (Å²) in [5.41, 5.74) is 2.92. The van der Waals surface area contributed by atoms with E-state index in [2.05, 4.69) is 15.3 Å². The first-order valence-electron chi connectivity index (χ1n) is 7.03. The Labute approximate surface area is 128 Å². The number of hydrogen-bond acceptors (Lipinski definition) is 3. The first kappa shape index (κ1) is 14.2. The third-order valence-corrected chi connectivity index (χ3v) is 3.71. The van der Waals surface area contributed by atoms with Crippen LogP contribution in [0.3, 0.4) is 0 Å². The number of rotatable bonds is 5. The molecule has 6 heteroatoms. The van der Waals surface area contributed by atoms with Crippen molar-refractivity contribution in [3.63, 3.8) is 0 Å². The fourth-order valence-corrected chi connectivity index (χ4v) is 2.41. The molecule has 2 aromatic heterocycles. The molecule has 3 rings (SSSR count). The number of amides is 1. The molecule has 2 N–H and O–H groups in total. The first-order chi connectivity index (χ1) is 10.7. The third kappa shape index (κ3) is 2.81. The predicted octanol–water partition coefficient (Wildman–Crippen LogP) is 1.77. The van der Waals surface area contributed by atoms with E-state index in [1.54, 1.807) is 19.6 Å². The Morgan fingerprint density at radius 3 is 3.05 bits per heavy atom. The number of fused-ring (bicyclic) bond motifs is 1. The van der Waals surface area contributed by atoms with Gasteiger partial charge >= 0.3 is 0 Å². The lowest BCUT2D eigenvalue weighted by Crippen LogP contribution is -2.25. The monoisotopic (exact) mass is 298 g/mol. The van der Waals surface area contributed by atoms with E-state index in [0.29, 0.717) is 13.0 Å². The van der Waals surface area contributed by atoms with Gasteiger partial charge in [-0.3, -0.25) is 4.79 Å². The Morgan fingerprint density at radius 1 is 1.45 bits per heavy atom. The molecular formula is C16H18N4O2. The van der Waals surface area contributed by atoms with Crippen LogP contribution in [-0.2, 0) is 24.8 Å². The molecule has 22 heavy (non-hydrogen) atoms. The molecule has 6 nitrogen and oxygen atoms in total. The van der Waals surface area contributed by atoms with Gasteiger partial charge in [-0.05, 0) is 23.8 Å². The second-order valence-corrected chi connectivity index (χ2v) is 5.17. The van der Waals surface area contributed by atoms with Crippen molar-refractivity contribution in [2.24, 2.45) is 7.05 Å². The van der Waals surface area contributed by atoms with Crippen LogP contribution in [0.5, 0.6) is 5.75 Å². The number of aryl methyl sites for hydroxylation is 1. The molecular weight excluding hydrogens is 280 g/mol. The van der Waals surface area contributed by atoms with Crippen molar-refractivity contribution in [1.29, 1.82) is 0 Å². The summed E-state index contributed by atoms with van der Waals surface area (Å²) < 4.78 is 7.12. The molecule has 114 valence electrons. The van der Waals surface area contributed by atoms with Gasteiger partial charge in [0, 0.05) is 30.3 Å². The number of hydrogen-bond donors (Lipinski definition) is 2. The van der Waals surface area contributed by atoms with E-state index < -0.39 is 0 Å². The molecule has 2 heterocycles. The van der Waals surface area contributed by atoms with Crippen molar-refractivity contribution >= 4 is 16.8 Å². The highest BCUT2D eigenvalue weighted by Crippen LogP contribution is 2.23. The molecule has 0 radical (unpaired) electrons. The highest BCUT2D eigenvalue weighted by molar-refractivity contribution is 5.89. The Kier molecular flexibility index (Phi) is 3.82. The SMILES string of the molecule is COc1ccc2[nH]cc(CC(=O)NCc3cncn3C)c2c1. The number of benzene rings is 1. The Hall–Kier alpha value is -2.76. The zero-order chi connectivity index (χ0) is 15.5. The van der Waals surface area contributed by atoms with Crippen LogP contribution >= 0.6 is 0 Å². The standard InChI is InChI=1S/C16H18N4O2/c1-20-10-17-8-12(20)9-19-16(21)5-11-7-18-15-4-3-13(22-2)6-14(11)15/h3-4,6-8,10,18H,5,9H2,1-2H3,(H,19,21). The summed E-state index contributed by atoms with van der Waals surface area (Å²) in [5, 5.41) is 3.92. The number of carbonyl (C=O) groups is 1. The minimum Gasteiger partial charge on any atom is -0.497 e. The zero-order valence-corrected chi connectivity index (χ0v) is 12.6. The molecule has 0 saturated heterocycles. The molecule has 0 aliphatic carbocycles. The summed E-state index contributed by atoms with van der Waals surface area (Å²) in [6, 6.07) is 5.78. The second kappa shape index (κ2) is 5.93. The second-order valence-electron chi connectivity index (χ2n) is 5.17. The molecule has 0 spiro atoms. The number of aromatic nitrogens is 3. The quantitative estimate of drug-likeness (QED) is 0.754. The third-order valence-electron chi connectivity index (χ3n) is 3.71. The van der Waals surface area contributed by atoms with Gasteiger partial charge in [0.1, 0.15) is 5.75 Å². The van der Waals surface area contributed by atoms with Crippen molar-refractivity contribution in [1.82, 2.24) is 19.9 Å². The lowest BCUT2D eigenvalue weighted by molar-refractivity contribution is -0.120. The number of aromatic amines is 1. The fraction of sp³-hybridized carbons (Fsp3) is 0.250. The van der Waals surface area contributed by atoms with Crippen molar-refractivity contribution in [2.75, 3.05) is 7.11 Å². The van der Waals surface area contributed by atoms with Crippen LogP contribution in [0.4, 0.5) is 0 Å². The molecule has 0 atom stereocenters. The van der Waals surface area contributed by atoms with Crippen molar-refractivity contribution in [3.8, 4) is 5.75 Å². The van der Waals surface area contributed by atoms with Crippen LogP contribution in [0.1, 0.15) is 11.3 Å². The van der Waals surface area contributed by atoms with Gasteiger partial charge in [0.05, 0.1) is 32.1 Å². The van der Waals surface area contributed by atoms with Gasteiger partial charge in [0.15, 0.2) is 0 Å². The zero-order valence-electron chi connectivity index (χ0n) is 12.6. The molecule has 3 aromatic rings. The minimum absolute atomic E-state index is 0.0232. The normalized spacial score (nSPS) is 10.8. The number of nitrogens with zero attached hydrogens (tertiary/aromatic N) is 2. The number of methoxy groups -OCH3 is 1. The number of nitrogens with one attached hydrogen (secondary N) is 2. The Balaban J connectivity index is 1.70. The number of carbonyl (C=O) groups excluding carboxylic acids is 1. The summed E-state index contributed by atoms with van der Waals surface area (Å²) in [6.45, 7) is 0.473. The van der Waals surface area contributed by atoms with Gasteiger partial charge in [0.2, 0.25) is 5.91 Å².